The van der Waals surface area contributed by atoms with Crippen molar-refractivity contribution in [3.8, 4) is 0 Å². The summed E-state index contributed by atoms with van der Waals surface area (Å²) in [6.07, 6.45) is 2.54. The highest BCUT2D eigenvalue weighted by atomic mass is 79.9. The highest BCUT2D eigenvalue weighted by Gasteiger charge is 2.22. The molecule has 1 N–H and O–H groups in total. The maximum absolute atomic E-state index is 6.08. The molecule has 0 spiro atoms. The van der Waals surface area contributed by atoms with E-state index in [0.717, 1.165) is 15.2 Å². The van der Waals surface area contributed by atoms with Gasteiger partial charge in [-0.25, -0.2) is 0 Å². The van der Waals surface area contributed by atoms with Crippen LogP contribution in [0.2, 0.25) is 5.02 Å². The van der Waals surface area contributed by atoms with E-state index in [-0.39, 0.29) is 0 Å². The van der Waals surface area contributed by atoms with Crippen LogP contribution in [0, 0.1) is 0 Å². The number of thioether (sulfide) groups is 1. The maximum Gasteiger partial charge on any atom is 0.0593 e. The lowest BCUT2D eigenvalue weighted by Crippen LogP contribution is -2.32. The number of hydrogen-bond acceptors (Lipinski definition) is 2. The first-order valence-electron chi connectivity index (χ1n) is 5.50. The van der Waals surface area contributed by atoms with Crippen LogP contribution in [0.25, 0.3) is 0 Å². The van der Waals surface area contributed by atoms with Crippen molar-refractivity contribution in [3.05, 3.63) is 27.7 Å². The number of nitrogens with one attached hydrogen (secondary N) is 1. The summed E-state index contributed by atoms with van der Waals surface area (Å²) in [5.74, 6) is 1.29. The third-order valence-corrected chi connectivity index (χ3v) is 5.68. The fraction of sp³-hybridized carbons (Fsp3) is 0.500. The van der Waals surface area contributed by atoms with Gasteiger partial charge in [0.15, 0.2) is 0 Å². The van der Waals surface area contributed by atoms with Gasteiger partial charge in [-0.15, -0.1) is 0 Å². The minimum absolute atomic E-state index is 0.550. The van der Waals surface area contributed by atoms with Gasteiger partial charge in [0, 0.05) is 11.3 Å². The summed E-state index contributed by atoms with van der Waals surface area (Å²) in [5, 5.41) is 5.02. The SMILES string of the molecule is CC1SCCCC1Nc1cccc(Cl)c1Br. The fourth-order valence-corrected chi connectivity index (χ4v) is 3.62. The molecule has 1 aromatic carbocycles. The molecule has 1 fully saturated rings. The van der Waals surface area contributed by atoms with E-state index >= 15 is 0 Å². The van der Waals surface area contributed by atoms with Gasteiger partial charge in [0.1, 0.15) is 0 Å². The molecule has 0 saturated carbocycles. The Hall–Kier alpha value is 0.140. The Morgan fingerprint density at radius 1 is 1.50 bits per heavy atom. The van der Waals surface area contributed by atoms with Gasteiger partial charge in [-0.3, -0.25) is 0 Å². The van der Waals surface area contributed by atoms with Gasteiger partial charge in [0.25, 0.3) is 0 Å². The van der Waals surface area contributed by atoms with Crippen LogP contribution in [0.15, 0.2) is 22.7 Å². The third-order valence-electron chi connectivity index (χ3n) is 2.90. The minimum Gasteiger partial charge on any atom is -0.380 e. The van der Waals surface area contributed by atoms with Crippen molar-refractivity contribution in [2.45, 2.75) is 31.1 Å². The van der Waals surface area contributed by atoms with Crippen molar-refractivity contribution in [2.24, 2.45) is 0 Å². The Kier molecular flexibility index (Phi) is 4.45. The van der Waals surface area contributed by atoms with Gasteiger partial charge < -0.3 is 5.32 Å². The number of hydrogen-bond donors (Lipinski definition) is 1. The number of halogens is 2. The molecule has 0 aromatic heterocycles. The molecular formula is C12H15BrClNS. The van der Waals surface area contributed by atoms with Crippen LogP contribution in [0.3, 0.4) is 0 Å². The van der Waals surface area contributed by atoms with E-state index in [2.05, 4.69) is 34.2 Å². The van der Waals surface area contributed by atoms with E-state index < -0.39 is 0 Å². The zero-order valence-corrected chi connectivity index (χ0v) is 12.3. The molecule has 1 aliphatic rings. The molecule has 0 aliphatic carbocycles. The lowest BCUT2D eigenvalue weighted by Gasteiger charge is -2.30. The van der Waals surface area contributed by atoms with Crippen molar-refractivity contribution in [3.63, 3.8) is 0 Å². The Bertz CT molecular complexity index is 372. The normalized spacial score (nSPS) is 25.4. The van der Waals surface area contributed by atoms with Crippen LogP contribution >= 0.6 is 39.3 Å². The molecule has 1 saturated heterocycles. The van der Waals surface area contributed by atoms with E-state index in [1.54, 1.807) is 0 Å². The molecule has 2 rings (SSSR count). The Morgan fingerprint density at radius 3 is 3.06 bits per heavy atom. The Labute approximate surface area is 114 Å². The lowest BCUT2D eigenvalue weighted by atomic mass is 10.1. The highest BCUT2D eigenvalue weighted by Crippen LogP contribution is 2.33. The molecule has 1 nitrogen and oxygen atoms in total. The Morgan fingerprint density at radius 2 is 2.31 bits per heavy atom. The van der Waals surface area contributed by atoms with Crippen LogP contribution in [0.4, 0.5) is 5.69 Å². The smallest absolute Gasteiger partial charge is 0.0593 e. The van der Waals surface area contributed by atoms with Gasteiger partial charge in [-0.05, 0) is 46.7 Å². The monoisotopic (exact) mass is 319 g/mol. The summed E-state index contributed by atoms with van der Waals surface area (Å²) < 4.78 is 0.972. The summed E-state index contributed by atoms with van der Waals surface area (Å²) >= 11 is 11.6. The second-order valence-corrected chi connectivity index (χ2v) is 6.76. The van der Waals surface area contributed by atoms with E-state index in [9.17, 15) is 0 Å². The van der Waals surface area contributed by atoms with Crippen molar-refractivity contribution in [2.75, 3.05) is 11.1 Å². The predicted molar refractivity (Wildman–Crippen MR) is 77.7 cm³/mol. The first-order chi connectivity index (χ1) is 7.68. The summed E-state index contributed by atoms with van der Waals surface area (Å²) in [4.78, 5) is 0. The second-order valence-electron chi connectivity index (χ2n) is 4.07. The van der Waals surface area contributed by atoms with E-state index in [1.165, 1.54) is 18.6 Å². The third kappa shape index (κ3) is 2.88. The molecule has 0 amide bonds. The van der Waals surface area contributed by atoms with Gasteiger partial charge in [0.2, 0.25) is 0 Å². The molecule has 2 unspecified atom stereocenters. The van der Waals surface area contributed by atoms with E-state index in [1.807, 2.05) is 23.9 Å². The molecule has 88 valence electrons. The maximum atomic E-state index is 6.08. The molecule has 4 heteroatoms. The molecule has 0 radical (unpaired) electrons. The topological polar surface area (TPSA) is 12.0 Å². The van der Waals surface area contributed by atoms with Gasteiger partial charge >= 0.3 is 0 Å². The van der Waals surface area contributed by atoms with Crippen LogP contribution in [0.1, 0.15) is 19.8 Å². The quantitative estimate of drug-likeness (QED) is 0.840. The zero-order chi connectivity index (χ0) is 11.5. The fourth-order valence-electron chi connectivity index (χ4n) is 1.93. The van der Waals surface area contributed by atoms with Crippen LogP contribution in [-0.2, 0) is 0 Å². The number of benzene rings is 1. The molecular weight excluding hydrogens is 306 g/mol. The van der Waals surface area contributed by atoms with Crippen molar-refractivity contribution >= 4 is 45.0 Å². The zero-order valence-electron chi connectivity index (χ0n) is 9.17. The highest BCUT2D eigenvalue weighted by molar-refractivity contribution is 9.10. The van der Waals surface area contributed by atoms with Gasteiger partial charge in [0.05, 0.1) is 15.2 Å². The molecule has 1 heterocycles. The van der Waals surface area contributed by atoms with Crippen LogP contribution in [-0.4, -0.2) is 17.0 Å². The number of rotatable bonds is 2. The lowest BCUT2D eigenvalue weighted by molar-refractivity contribution is 0.617. The summed E-state index contributed by atoms with van der Waals surface area (Å²) in [5.41, 5.74) is 1.10. The van der Waals surface area contributed by atoms with Gasteiger partial charge in [-0.1, -0.05) is 24.6 Å². The van der Waals surface area contributed by atoms with Crippen LogP contribution < -0.4 is 5.32 Å². The second kappa shape index (κ2) is 5.65. The molecule has 2 atom stereocenters. The molecule has 0 bridgehead atoms. The average Bonchev–Trinajstić information content (AvgIpc) is 2.28. The molecule has 1 aliphatic heterocycles. The van der Waals surface area contributed by atoms with E-state index in [4.69, 9.17) is 11.6 Å². The van der Waals surface area contributed by atoms with Crippen molar-refractivity contribution in [1.82, 2.24) is 0 Å². The summed E-state index contributed by atoms with van der Waals surface area (Å²) in [6.45, 7) is 2.29. The van der Waals surface area contributed by atoms with Crippen LogP contribution in [0.5, 0.6) is 0 Å². The summed E-state index contributed by atoms with van der Waals surface area (Å²) in [7, 11) is 0. The first-order valence-corrected chi connectivity index (χ1v) is 7.72. The molecule has 1 aromatic rings. The largest absolute Gasteiger partial charge is 0.380 e. The minimum atomic E-state index is 0.550. The Balaban J connectivity index is 2.10. The number of anilines is 1. The summed E-state index contributed by atoms with van der Waals surface area (Å²) in [6, 6.07) is 6.50. The van der Waals surface area contributed by atoms with Crippen molar-refractivity contribution in [1.29, 1.82) is 0 Å². The molecule has 16 heavy (non-hydrogen) atoms. The van der Waals surface area contributed by atoms with Crippen molar-refractivity contribution < 1.29 is 0 Å². The van der Waals surface area contributed by atoms with E-state index in [0.29, 0.717) is 11.3 Å². The standard InChI is InChI=1S/C12H15BrClNS/c1-8-10(6-3-7-16-8)15-11-5-2-4-9(14)12(11)13/h2,4-5,8,10,15H,3,6-7H2,1H3. The van der Waals surface area contributed by atoms with Gasteiger partial charge in [-0.2, -0.15) is 11.8 Å². The first kappa shape index (κ1) is 12.6. The predicted octanol–water partition coefficient (Wildman–Crippen LogP) is 4.80. The average molecular weight is 321 g/mol.